The van der Waals surface area contributed by atoms with Gasteiger partial charge < -0.3 is 15.4 Å². The van der Waals surface area contributed by atoms with Gasteiger partial charge >= 0.3 is 0 Å². The second-order valence-electron chi connectivity index (χ2n) is 3.92. The molecule has 1 amide bonds. The zero-order valence-corrected chi connectivity index (χ0v) is 10.1. The number of hydrogen-bond donors (Lipinski definition) is 1. The van der Waals surface area contributed by atoms with Crippen molar-refractivity contribution in [3.05, 3.63) is 24.0 Å². The van der Waals surface area contributed by atoms with Gasteiger partial charge in [-0.15, -0.1) is 0 Å². The first-order valence-electron chi connectivity index (χ1n) is 5.38. The Morgan fingerprint density at radius 2 is 2.18 bits per heavy atom. The second kappa shape index (κ2) is 6.08. The van der Waals surface area contributed by atoms with E-state index in [9.17, 15) is 9.18 Å². The molecule has 0 atom stereocenters. The Balaban J connectivity index is 2.34. The van der Waals surface area contributed by atoms with Gasteiger partial charge in [-0.1, -0.05) is 0 Å². The lowest BCUT2D eigenvalue weighted by molar-refractivity contribution is -0.128. The van der Waals surface area contributed by atoms with Crippen molar-refractivity contribution in [1.29, 1.82) is 0 Å². The summed E-state index contributed by atoms with van der Waals surface area (Å²) in [4.78, 5) is 12.8. The van der Waals surface area contributed by atoms with Crippen molar-refractivity contribution in [3.8, 4) is 5.75 Å². The molecule has 5 heteroatoms. The Bertz CT molecular complexity index is 394. The fourth-order valence-electron chi connectivity index (χ4n) is 1.28. The van der Waals surface area contributed by atoms with Crippen LogP contribution in [0.1, 0.15) is 12.8 Å². The lowest BCUT2D eigenvalue weighted by Crippen LogP contribution is -2.21. The summed E-state index contributed by atoms with van der Waals surface area (Å²) in [5.41, 5.74) is 5.84. The van der Waals surface area contributed by atoms with Crippen molar-refractivity contribution in [1.82, 2.24) is 4.90 Å². The minimum atomic E-state index is -0.391. The van der Waals surface area contributed by atoms with Crippen LogP contribution in [-0.4, -0.2) is 31.5 Å². The number of nitrogens with zero attached hydrogens (tertiary/aromatic N) is 1. The van der Waals surface area contributed by atoms with Gasteiger partial charge in [0.1, 0.15) is 11.6 Å². The SMILES string of the molecule is CN(C)C(=O)CCCOc1ccc(F)cc1N. The first-order chi connectivity index (χ1) is 8.00. The Morgan fingerprint density at radius 3 is 2.76 bits per heavy atom. The molecule has 0 spiro atoms. The predicted octanol–water partition coefficient (Wildman–Crippen LogP) is 1.66. The first-order valence-corrected chi connectivity index (χ1v) is 5.38. The second-order valence-corrected chi connectivity index (χ2v) is 3.92. The Hall–Kier alpha value is -1.78. The summed E-state index contributed by atoms with van der Waals surface area (Å²) >= 11 is 0. The summed E-state index contributed by atoms with van der Waals surface area (Å²) in [7, 11) is 3.42. The van der Waals surface area contributed by atoms with E-state index in [0.29, 0.717) is 25.2 Å². The minimum Gasteiger partial charge on any atom is -0.491 e. The van der Waals surface area contributed by atoms with Crippen molar-refractivity contribution < 1.29 is 13.9 Å². The summed E-state index contributed by atoms with van der Waals surface area (Å²) in [6.07, 6.45) is 1.03. The minimum absolute atomic E-state index is 0.0562. The largest absolute Gasteiger partial charge is 0.491 e. The van der Waals surface area contributed by atoms with Crippen LogP contribution in [-0.2, 0) is 4.79 Å². The van der Waals surface area contributed by atoms with Gasteiger partial charge in [0.25, 0.3) is 0 Å². The Kier molecular flexibility index (Phi) is 4.75. The first kappa shape index (κ1) is 13.3. The zero-order chi connectivity index (χ0) is 12.8. The number of ether oxygens (including phenoxy) is 1. The van der Waals surface area contributed by atoms with E-state index in [1.807, 2.05) is 0 Å². The molecular formula is C12H17FN2O2. The monoisotopic (exact) mass is 240 g/mol. The molecule has 0 bridgehead atoms. The quantitative estimate of drug-likeness (QED) is 0.629. The molecule has 94 valence electrons. The molecular weight excluding hydrogens is 223 g/mol. The van der Waals surface area contributed by atoms with Crippen LogP contribution in [0.5, 0.6) is 5.75 Å². The number of amides is 1. The molecule has 0 radical (unpaired) electrons. The van der Waals surface area contributed by atoms with E-state index < -0.39 is 5.82 Å². The van der Waals surface area contributed by atoms with Gasteiger partial charge in [0, 0.05) is 26.6 Å². The van der Waals surface area contributed by atoms with E-state index >= 15 is 0 Å². The number of anilines is 1. The third-order valence-corrected chi connectivity index (χ3v) is 2.26. The van der Waals surface area contributed by atoms with Crippen LogP contribution in [0.15, 0.2) is 18.2 Å². The summed E-state index contributed by atoms with van der Waals surface area (Å²) in [5.74, 6) is 0.113. The summed E-state index contributed by atoms with van der Waals surface area (Å²) in [5, 5.41) is 0. The standard InChI is InChI=1S/C12H17FN2O2/c1-15(2)12(16)4-3-7-17-11-6-5-9(13)8-10(11)14/h5-6,8H,3-4,7,14H2,1-2H3. The van der Waals surface area contributed by atoms with Crippen LogP contribution in [0, 0.1) is 5.82 Å². The Labute approximate surface area is 100 Å². The van der Waals surface area contributed by atoms with E-state index in [0.717, 1.165) is 0 Å². The number of benzene rings is 1. The molecule has 17 heavy (non-hydrogen) atoms. The van der Waals surface area contributed by atoms with Gasteiger partial charge in [-0.05, 0) is 18.6 Å². The average Bonchev–Trinajstić information content (AvgIpc) is 2.26. The van der Waals surface area contributed by atoms with Crippen molar-refractivity contribution in [2.24, 2.45) is 0 Å². The van der Waals surface area contributed by atoms with Gasteiger partial charge in [-0.2, -0.15) is 0 Å². The van der Waals surface area contributed by atoms with E-state index in [-0.39, 0.29) is 11.6 Å². The summed E-state index contributed by atoms with van der Waals surface area (Å²) in [6.45, 7) is 0.384. The highest BCUT2D eigenvalue weighted by Gasteiger charge is 2.05. The lowest BCUT2D eigenvalue weighted by Gasteiger charge is -2.11. The number of nitrogens with two attached hydrogens (primary N) is 1. The molecule has 0 aliphatic rings. The van der Waals surface area contributed by atoms with Crippen molar-refractivity contribution >= 4 is 11.6 Å². The van der Waals surface area contributed by atoms with Crippen LogP contribution >= 0.6 is 0 Å². The van der Waals surface area contributed by atoms with Crippen molar-refractivity contribution in [2.45, 2.75) is 12.8 Å². The number of carbonyl (C=O) groups is 1. The molecule has 2 N–H and O–H groups in total. The van der Waals surface area contributed by atoms with E-state index in [2.05, 4.69) is 0 Å². The molecule has 1 aromatic rings. The van der Waals surface area contributed by atoms with Crippen LogP contribution in [0.3, 0.4) is 0 Å². The molecule has 1 aromatic carbocycles. The highest BCUT2D eigenvalue weighted by molar-refractivity contribution is 5.75. The smallest absolute Gasteiger partial charge is 0.222 e. The van der Waals surface area contributed by atoms with E-state index in [1.165, 1.54) is 23.1 Å². The molecule has 0 aliphatic carbocycles. The Morgan fingerprint density at radius 1 is 1.47 bits per heavy atom. The topological polar surface area (TPSA) is 55.6 Å². The van der Waals surface area contributed by atoms with Gasteiger partial charge in [0.2, 0.25) is 5.91 Å². The van der Waals surface area contributed by atoms with E-state index in [4.69, 9.17) is 10.5 Å². The number of hydrogen-bond acceptors (Lipinski definition) is 3. The summed E-state index contributed by atoms with van der Waals surface area (Å²) < 4.78 is 18.1. The molecule has 4 nitrogen and oxygen atoms in total. The maximum atomic E-state index is 12.7. The fourth-order valence-corrected chi connectivity index (χ4v) is 1.28. The number of halogens is 1. The molecule has 0 aromatic heterocycles. The maximum Gasteiger partial charge on any atom is 0.222 e. The maximum absolute atomic E-state index is 12.7. The summed E-state index contributed by atoms with van der Waals surface area (Å²) in [6, 6.07) is 3.98. The van der Waals surface area contributed by atoms with Crippen molar-refractivity contribution in [3.63, 3.8) is 0 Å². The molecule has 0 fully saturated rings. The molecule has 0 saturated heterocycles. The highest BCUT2D eigenvalue weighted by atomic mass is 19.1. The van der Waals surface area contributed by atoms with E-state index in [1.54, 1.807) is 14.1 Å². The van der Waals surface area contributed by atoms with Gasteiger partial charge in [-0.3, -0.25) is 4.79 Å². The number of carbonyl (C=O) groups excluding carboxylic acids is 1. The van der Waals surface area contributed by atoms with Gasteiger partial charge in [-0.25, -0.2) is 4.39 Å². The van der Waals surface area contributed by atoms with Crippen molar-refractivity contribution in [2.75, 3.05) is 26.4 Å². The van der Waals surface area contributed by atoms with Gasteiger partial charge in [0.05, 0.1) is 12.3 Å². The van der Waals surface area contributed by atoms with Crippen LogP contribution in [0.4, 0.5) is 10.1 Å². The fraction of sp³-hybridized carbons (Fsp3) is 0.417. The predicted molar refractivity (Wildman–Crippen MR) is 64.2 cm³/mol. The number of nitrogen functional groups attached to an aromatic ring is 1. The third kappa shape index (κ3) is 4.30. The third-order valence-electron chi connectivity index (χ3n) is 2.26. The normalized spacial score (nSPS) is 10.1. The van der Waals surface area contributed by atoms with Gasteiger partial charge in [0.15, 0.2) is 0 Å². The number of rotatable bonds is 5. The molecule has 0 unspecified atom stereocenters. The molecule has 1 rings (SSSR count). The molecule has 0 saturated carbocycles. The van der Waals surface area contributed by atoms with Crippen LogP contribution in [0.25, 0.3) is 0 Å². The lowest BCUT2D eigenvalue weighted by atomic mass is 10.3. The average molecular weight is 240 g/mol. The zero-order valence-electron chi connectivity index (χ0n) is 10.1. The molecule has 0 heterocycles. The van der Waals surface area contributed by atoms with Crippen LogP contribution < -0.4 is 10.5 Å². The highest BCUT2D eigenvalue weighted by Crippen LogP contribution is 2.21. The van der Waals surface area contributed by atoms with Crippen LogP contribution in [0.2, 0.25) is 0 Å². The molecule has 0 aliphatic heterocycles.